The van der Waals surface area contributed by atoms with Crippen molar-refractivity contribution in [2.75, 3.05) is 27.2 Å². The van der Waals surface area contributed by atoms with Gasteiger partial charge in [-0.3, -0.25) is 9.78 Å². The minimum atomic E-state index is -3.83. The third-order valence-electron chi connectivity index (χ3n) is 2.25. The van der Waals surface area contributed by atoms with E-state index in [9.17, 15) is 13.2 Å². The molecule has 1 heterocycles. The first-order chi connectivity index (χ1) is 9.36. The van der Waals surface area contributed by atoms with E-state index >= 15 is 0 Å². The molecular formula is C12H15N3O4S. The molecule has 20 heavy (non-hydrogen) atoms. The smallest absolute Gasteiger partial charge is 0.242 e. The number of nitrogens with zero attached hydrogens (tertiary/aromatic N) is 2. The highest BCUT2D eigenvalue weighted by molar-refractivity contribution is 7.89. The second-order valence-corrected chi connectivity index (χ2v) is 5.75. The lowest BCUT2D eigenvalue weighted by Crippen LogP contribution is -2.36. The fraction of sp³-hybridized carbons (Fsp3) is 0.333. The second-order valence-electron chi connectivity index (χ2n) is 3.98. The van der Waals surface area contributed by atoms with Crippen molar-refractivity contribution < 1.29 is 18.3 Å². The van der Waals surface area contributed by atoms with Crippen LogP contribution in [0.25, 0.3) is 0 Å². The predicted molar refractivity (Wildman–Crippen MR) is 72.1 cm³/mol. The van der Waals surface area contributed by atoms with Crippen LogP contribution < -0.4 is 4.72 Å². The molecule has 0 saturated carbocycles. The number of aliphatic hydroxyl groups excluding tert-OH is 1. The van der Waals surface area contributed by atoms with Gasteiger partial charge in [0.2, 0.25) is 15.9 Å². The summed E-state index contributed by atoms with van der Waals surface area (Å²) < 4.78 is 26.1. The van der Waals surface area contributed by atoms with Crippen molar-refractivity contribution in [3.05, 3.63) is 24.0 Å². The highest BCUT2D eigenvalue weighted by Gasteiger charge is 2.16. The van der Waals surface area contributed by atoms with Crippen LogP contribution in [0.2, 0.25) is 0 Å². The van der Waals surface area contributed by atoms with Gasteiger partial charge in [0, 0.05) is 32.1 Å². The number of sulfonamides is 1. The fourth-order valence-corrected chi connectivity index (χ4v) is 2.14. The normalized spacial score (nSPS) is 10.6. The predicted octanol–water partition coefficient (Wildman–Crippen LogP) is -1.21. The van der Waals surface area contributed by atoms with E-state index in [2.05, 4.69) is 21.5 Å². The van der Waals surface area contributed by atoms with Crippen LogP contribution in [0.4, 0.5) is 0 Å². The van der Waals surface area contributed by atoms with E-state index in [1.165, 1.54) is 31.3 Å². The van der Waals surface area contributed by atoms with Gasteiger partial charge in [0.1, 0.15) is 11.5 Å². The molecule has 0 aliphatic heterocycles. The lowest BCUT2D eigenvalue weighted by molar-refractivity contribution is -0.127. The zero-order chi connectivity index (χ0) is 15.2. The number of aromatic nitrogens is 1. The van der Waals surface area contributed by atoms with E-state index < -0.39 is 10.0 Å². The number of pyridine rings is 1. The van der Waals surface area contributed by atoms with Gasteiger partial charge in [0.25, 0.3) is 0 Å². The number of rotatable bonds is 4. The Morgan fingerprint density at radius 2 is 2.15 bits per heavy atom. The number of hydrogen-bond acceptors (Lipinski definition) is 5. The molecule has 0 radical (unpaired) electrons. The summed E-state index contributed by atoms with van der Waals surface area (Å²) in [5.41, 5.74) is 0.362. The Hall–Kier alpha value is -1.95. The van der Waals surface area contributed by atoms with Gasteiger partial charge in [0.15, 0.2) is 0 Å². The second kappa shape index (κ2) is 7.00. The molecule has 7 nitrogen and oxygen atoms in total. The Labute approximate surface area is 117 Å². The number of aliphatic hydroxyl groups is 1. The first-order valence-electron chi connectivity index (χ1n) is 5.61. The van der Waals surface area contributed by atoms with Gasteiger partial charge >= 0.3 is 0 Å². The zero-order valence-electron chi connectivity index (χ0n) is 11.1. The Morgan fingerprint density at radius 1 is 1.45 bits per heavy atom. The summed E-state index contributed by atoms with van der Waals surface area (Å²) >= 11 is 0. The van der Waals surface area contributed by atoms with Crippen molar-refractivity contribution >= 4 is 15.9 Å². The van der Waals surface area contributed by atoms with Crippen molar-refractivity contribution in [2.45, 2.75) is 4.90 Å². The summed E-state index contributed by atoms with van der Waals surface area (Å²) in [6, 6.07) is 1.32. The molecule has 0 fully saturated rings. The van der Waals surface area contributed by atoms with Gasteiger partial charge in [0.05, 0.1) is 6.54 Å². The minimum absolute atomic E-state index is 0.0891. The quantitative estimate of drug-likeness (QED) is 0.680. The van der Waals surface area contributed by atoms with Crippen LogP contribution in [0.3, 0.4) is 0 Å². The van der Waals surface area contributed by atoms with Crippen molar-refractivity contribution in [1.82, 2.24) is 14.6 Å². The van der Waals surface area contributed by atoms with E-state index in [0.29, 0.717) is 5.56 Å². The molecule has 8 heteroatoms. The maximum atomic E-state index is 12.0. The third kappa shape index (κ3) is 4.62. The molecular weight excluding hydrogens is 282 g/mol. The van der Waals surface area contributed by atoms with Gasteiger partial charge in [-0.25, -0.2) is 13.1 Å². The Kier molecular flexibility index (Phi) is 5.64. The maximum Gasteiger partial charge on any atom is 0.242 e. The molecule has 0 saturated heterocycles. The van der Waals surface area contributed by atoms with Crippen LogP contribution in [0.5, 0.6) is 0 Å². The summed E-state index contributed by atoms with van der Waals surface area (Å²) in [6.45, 7) is -0.658. The summed E-state index contributed by atoms with van der Waals surface area (Å²) in [7, 11) is -0.765. The molecule has 1 amide bonds. The standard InChI is InChI=1S/C12H15N3O4S/c1-15(2)12(17)9-14-20(18,19)11-6-10(4-3-5-16)7-13-8-11/h6-8,14,16H,5,9H2,1-2H3. The van der Waals surface area contributed by atoms with E-state index in [0.717, 1.165) is 6.20 Å². The minimum Gasteiger partial charge on any atom is -0.384 e. The molecule has 0 aliphatic carbocycles. The lowest BCUT2D eigenvalue weighted by Gasteiger charge is -2.11. The van der Waals surface area contributed by atoms with Crippen LogP contribution in [0.1, 0.15) is 5.56 Å². The van der Waals surface area contributed by atoms with Gasteiger partial charge in [-0.15, -0.1) is 0 Å². The van der Waals surface area contributed by atoms with E-state index in [1.54, 1.807) is 0 Å². The third-order valence-corrected chi connectivity index (χ3v) is 3.62. The van der Waals surface area contributed by atoms with Crippen molar-refractivity contribution in [2.24, 2.45) is 0 Å². The zero-order valence-corrected chi connectivity index (χ0v) is 11.9. The SMILES string of the molecule is CN(C)C(=O)CNS(=O)(=O)c1cncc(C#CCO)c1. The van der Waals surface area contributed by atoms with Crippen LogP contribution in [0.15, 0.2) is 23.4 Å². The molecule has 0 unspecified atom stereocenters. The average molecular weight is 297 g/mol. The molecule has 0 bridgehead atoms. The van der Waals surface area contributed by atoms with E-state index in [1.807, 2.05) is 0 Å². The highest BCUT2D eigenvalue weighted by Crippen LogP contribution is 2.08. The summed E-state index contributed by atoms with van der Waals surface area (Å²) in [5, 5.41) is 8.59. The molecule has 2 N–H and O–H groups in total. The monoisotopic (exact) mass is 297 g/mol. The Morgan fingerprint density at radius 3 is 2.75 bits per heavy atom. The van der Waals surface area contributed by atoms with Gasteiger partial charge in [-0.05, 0) is 6.07 Å². The fourth-order valence-electron chi connectivity index (χ4n) is 1.17. The first-order valence-corrected chi connectivity index (χ1v) is 7.09. The molecule has 1 aromatic rings. The van der Waals surface area contributed by atoms with E-state index in [-0.39, 0.29) is 24.0 Å². The lowest BCUT2D eigenvalue weighted by atomic mass is 10.3. The number of amides is 1. The van der Waals surface area contributed by atoms with E-state index in [4.69, 9.17) is 5.11 Å². The van der Waals surface area contributed by atoms with Gasteiger partial charge < -0.3 is 10.0 Å². The topological polar surface area (TPSA) is 99.6 Å². The molecule has 0 atom stereocenters. The largest absolute Gasteiger partial charge is 0.384 e. The van der Waals surface area contributed by atoms with Crippen molar-refractivity contribution in [1.29, 1.82) is 0 Å². The van der Waals surface area contributed by atoms with Crippen LogP contribution >= 0.6 is 0 Å². The van der Waals surface area contributed by atoms with Crippen molar-refractivity contribution in [3.8, 4) is 11.8 Å². The number of nitrogens with one attached hydrogen (secondary N) is 1. The molecule has 0 spiro atoms. The number of likely N-dealkylation sites (N-methyl/N-ethyl adjacent to an activating group) is 1. The van der Waals surface area contributed by atoms with Crippen LogP contribution in [-0.2, 0) is 14.8 Å². The molecule has 1 rings (SSSR count). The number of carbonyl (C=O) groups is 1. The van der Waals surface area contributed by atoms with Crippen LogP contribution in [-0.4, -0.2) is 56.6 Å². The average Bonchev–Trinajstić information content (AvgIpc) is 2.42. The molecule has 108 valence electrons. The Bertz CT molecular complexity index is 644. The highest BCUT2D eigenvalue weighted by atomic mass is 32.2. The number of hydrogen-bond donors (Lipinski definition) is 2. The molecule has 1 aromatic heterocycles. The summed E-state index contributed by atoms with van der Waals surface area (Å²) in [6.07, 6.45) is 2.54. The number of carbonyl (C=O) groups excluding carboxylic acids is 1. The van der Waals surface area contributed by atoms with Gasteiger partial charge in [-0.2, -0.15) is 0 Å². The molecule has 0 aromatic carbocycles. The first kappa shape index (κ1) is 16.1. The Balaban J connectivity index is 2.90. The van der Waals surface area contributed by atoms with Crippen LogP contribution in [0, 0.1) is 11.8 Å². The summed E-state index contributed by atoms with van der Waals surface area (Å²) in [4.78, 5) is 16.3. The van der Waals surface area contributed by atoms with Gasteiger partial charge in [-0.1, -0.05) is 11.8 Å². The maximum absolute atomic E-state index is 12.0. The summed E-state index contributed by atoms with van der Waals surface area (Å²) in [5.74, 6) is 4.59. The van der Waals surface area contributed by atoms with Crippen molar-refractivity contribution in [3.63, 3.8) is 0 Å². The molecule has 0 aliphatic rings.